The van der Waals surface area contributed by atoms with Crippen LogP contribution < -0.4 is 5.32 Å². The van der Waals surface area contributed by atoms with Crippen molar-refractivity contribution in [2.75, 3.05) is 5.32 Å². The van der Waals surface area contributed by atoms with E-state index in [0.29, 0.717) is 0 Å². The Balaban J connectivity index is 0.00000144. The molecule has 0 saturated heterocycles. The summed E-state index contributed by atoms with van der Waals surface area (Å²) in [4.78, 5) is 10.4. The molecule has 0 aliphatic carbocycles. The zero-order valence-electron chi connectivity index (χ0n) is 7.23. The van der Waals surface area contributed by atoms with Gasteiger partial charge in [-0.25, -0.2) is 0 Å². The first-order chi connectivity index (χ1) is 5.70. The number of hydrogen-bond acceptors (Lipinski definition) is 2. The van der Waals surface area contributed by atoms with E-state index in [1.165, 1.54) is 0 Å². The fraction of sp³-hybridized carbons (Fsp3) is 0.222. The second-order valence-corrected chi connectivity index (χ2v) is 2.57. The molecule has 0 spiro atoms. The lowest BCUT2D eigenvalue weighted by atomic mass is 10.3. The van der Waals surface area contributed by atoms with E-state index in [-0.39, 0.29) is 12.4 Å². The quantitative estimate of drug-likeness (QED) is 0.787. The largest absolute Gasteiger partial charge is 0.480 e. The standard InChI is InChI=1S/C9H11NO2.ClH/c1-7(9(11)12)10-8-5-3-2-4-6-8;/h2-7,10H,1H3,(H,11,12);1H/t7-;/m0./s1. The molecule has 0 aliphatic rings. The number of rotatable bonds is 3. The van der Waals surface area contributed by atoms with Crippen LogP contribution in [0.4, 0.5) is 5.69 Å². The molecule has 13 heavy (non-hydrogen) atoms. The van der Waals surface area contributed by atoms with Crippen LogP contribution in [0.5, 0.6) is 0 Å². The minimum atomic E-state index is -0.848. The van der Waals surface area contributed by atoms with Crippen LogP contribution in [-0.4, -0.2) is 17.1 Å². The Morgan fingerprint density at radius 3 is 2.38 bits per heavy atom. The minimum absolute atomic E-state index is 0. The highest BCUT2D eigenvalue weighted by Crippen LogP contribution is 2.06. The summed E-state index contributed by atoms with van der Waals surface area (Å²) in [7, 11) is 0. The number of aliphatic carboxylic acids is 1. The van der Waals surface area contributed by atoms with Gasteiger partial charge in [0.05, 0.1) is 0 Å². The van der Waals surface area contributed by atoms with Crippen LogP contribution in [0.15, 0.2) is 30.3 Å². The summed E-state index contributed by atoms with van der Waals surface area (Å²) in [6.45, 7) is 1.61. The number of carboxylic acids is 1. The lowest BCUT2D eigenvalue weighted by Gasteiger charge is -2.09. The maximum atomic E-state index is 10.4. The molecule has 1 atom stereocenters. The summed E-state index contributed by atoms with van der Waals surface area (Å²) in [5.41, 5.74) is 0.826. The molecule has 72 valence electrons. The van der Waals surface area contributed by atoms with Crippen molar-refractivity contribution >= 4 is 24.1 Å². The first-order valence-corrected chi connectivity index (χ1v) is 3.74. The third kappa shape index (κ3) is 3.80. The molecule has 0 unspecified atom stereocenters. The average molecular weight is 202 g/mol. The molecule has 1 aromatic rings. The monoisotopic (exact) mass is 201 g/mol. The van der Waals surface area contributed by atoms with Gasteiger partial charge in [0, 0.05) is 5.69 Å². The number of para-hydroxylation sites is 1. The van der Waals surface area contributed by atoms with Gasteiger partial charge in [0.25, 0.3) is 0 Å². The third-order valence-electron chi connectivity index (χ3n) is 1.53. The predicted octanol–water partition coefficient (Wildman–Crippen LogP) is 1.99. The number of nitrogens with one attached hydrogen (secondary N) is 1. The fourth-order valence-corrected chi connectivity index (χ4v) is 0.846. The SMILES string of the molecule is C[C@H](Nc1ccccc1)C(=O)O.Cl. The molecule has 1 aromatic carbocycles. The van der Waals surface area contributed by atoms with Crippen LogP contribution in [0.1, 0.15) is 6.92 Å². The number of hydrogen-bond donors (Lipinski definition) is 2. The summed E-state index contributed by atoms with van der Waals surface area (Å²) in [6, 6.07) is 8.72. The topological polar surface area (TPSA) is 49.3 Å². The molecule has 0 heterocycles. The summed E-state index contributed by atoms with van der Waals surface area (Å²) in [6.07, 6.45) is 0. The Morgan fingerprint density at radius 2 is 1.92 bits per heavy atom. The summed E-state index contributed by atoms with van der Waals surface area (Å²) in [5.74, 6) is -0.848. The molecule has 3 nitrogen and oxygen atoms in total. The molecule has 0 aromatic heterocycles. The zero-order chi connectivity index (χ0) is 8.97. The van der Waals surface area contributed by atoms with Gasteiger partial charge >= 0.3 is 5.97 Å². The number of carbonyl (C=O) groups is 1. The fourth-order valence-electron chi connectivity index (χ4n) is 0.846. The van der Waals surface area contributed by atoms with Crippen LogP contribution in [-0.2, 0) is 4.79 Å². The Morgan fingerprint density at radius 1 is 1.38 bits per heavy atom. The molecule has 0 fully saturated rings. The van der Waals surface area contributed by atoms with Crippen LogP contribution in [0.2, 0.25) is 0 Å². The Hall–Kier alpha value is -1.22. The second-order valence-electron chi connectivity index (χ2n) is 2.57. The van der Waals surface area contributed by atoms with Gasteiger partial charge in [-0.3, -0.25) is 4.79 Å². The van der Waals surface area contributed by atoms with E-state index in [2.05, 4.69) is 5.32 Å². The molecule has 0 aliphatic heterocycles. The van der Waals surface area contributed by atoms with E-state index in [1.807, 2.05) is 30.3 Å². The first kappa shape index (κ1) is 11.8. The van der Waals surface area contributed by atoms with Crippen molar-refractivity contribution in [1.82, 2.24) is 0 Å². The number of carboxylic acid groups (broad SMARTS) is 1. The van der Waals surface area contributed by atoms with Gasteiger partial charge in [0.1, 0.15) is 6.04 Å². The van der Waals surface area contributed by atoms with Crippen LogP contribution >= 0.6 is 12.4 Å². The van der Waals surface area contributed by atoms with Crippen LogP contribution in [0, 0.1) is 0 Å². The number of benzene rings is 1. The minimum Gasteiger partial charge on any atom is -0.480 e. The molecular formula is C9H12ClNO2. The highest BCUT2D eigenvalue weighted by Gasteiger charge is 2.08. The second kappa shape index (κ2) is 5.43. The van der Waals surface area contributed by atoms with Crippen molar-refractivity contribution in [3.05, 3.63) is 30.3 Å². The zero-order valence-corrected chi connectivity index (χ0v) is 8.04. The van der Waals surface area contributed by atoms with Crippen molar-refractivity contribution in [1.29, 1.82) is 0 Å². The normalized spacial score (nSPS) is 11.2. The molecule has 0 amide bonds. The van der Waals surface area contributed by atoms with Crippen LogP contribution in [0.3, 0.4) is 0 Å². The van der Waals surface area contributed by atoms with E-state index < -0.39 is 12.0 Å². The van der Waals surface area contributed by atoms with Crippen molar-refractivity contribution < 1.29 is 9.90 Å². The maximum absolute atomic E-state index is 10.4. The Bertz CT molecular complexity index is 264. The smallest absolute Gasteiger partial charge is 0.325 e. The van der Waals surface area contributed by atoms with Gasteiger partial charge in [0.15, 0.2) is 0 Å². The average Bonchev–Trinajstić information content (AvgIpc) is 2.06. The molecule has 2 N–H and O–H groups in total. The van der Waals surface area contributed by atoms with E-state index in [1.54, 1.807) is 6.92 Å². The third-order valence-corrected chi connectivity index (χ3v) is 1.53. The molecule has 0 radical (unpaired) electrons. The molecule has 0 saturated carbocycles. The molecule has 4 heteroatoms. The predicted molar refractivity (Wildman–Crippen MR) is 54.4 cm³/mol. The first-order valence-electron chi connectivity index (χ1n) is 3.74. The lowest BCUT2D eigenvalue weighted by molar-refractivity contribution is -0.137. The number of anilines is 1. The van der Waals surface area contributed by atoms with Crippen molar-refractivity contribution in [3.63, 3.8) is 0 Å². The summed E-state index contributed by atoms with van der Waals surface area (Å²) in [5, 5.41) is 11.4. The van der Waals surface area contributed by atoms with Gasteiger partial charge in [0.2, 0.25) is 0 Å². The van der Waals surface area contributed by atoms with Gasteiger partial charge in [-0.15, -0.1) is 12.4 Å². The van der Waals surface area contributed by atoms with Gasteiger partial charge in [-0.05, 0) is 19.1 Å². The lowest BCUT2D eigenvalue weighted by Crippen LogP contribution is -2.25. The highest BCUT2D eigenvalue weighted by molar-refractivity contribution is 5.85. The Labute approximate surface area is 83.2 Å². The van der Waals surface area contributed by atoms with Gasteiger partial charge < -0.3 is 10.4 Å². The van der Waals surface area contributed by atoms with E-state index >= 15 is 0 Å². The molecular weight excluding hydrogens is 190 g/mol. The van der Waals surface area contributed by atoms with Crippen molar-refractivity contribution in [3.8, 4) is 0 Å². The van der Waals surface area contributed by atoms with E-state index in [9.17, 15) is 4.79 Å². The molecule has 1 rings (SSSR count). The van der Waals surface area contributed by atoms with Crippen LogP contribution in [0.25, 0.3) is 0 Å². The van der Waals surface area contributed by atoms with Gasteiger partial charge in [-0.2, -0.15) is 0 Å². The van der Waals surface area contributed by atoms with Crippen molar-refractivity contribution in [2.45, 2.75) is 13.0 Å². The summed E-state index contributed by atoms with van der Waals surface area (Å²) < 4.78 is 0. The van der Waals surface area contributed by atoms with E-state index in [4.69, 9.17) is 5.11 Å². The van der Waals surface area contributed by atoms with E-state index in [0.717, 1.165) is 5.69 Å². The summed E-state index contributed by atoms with van der Waals surface area (Å²) >= 11 is 0. The Kier molecular flexibility index (Phi) is 4.92. The van der Waals surface area contributed by atoms with Gasteiger partial charge in [-0.1, -0.05) is 18.2 Å². The highest BCUT2D eigenvalue weighted by atomic mass is 35.5. The van der Waals surface area contributed by atoms with Crippen molar-refractivity contribution in [2.24, 2.45) is 0 Å². The maximum Gasteiger partial charge on any atom is 0.325 e. The molecule has 0 bridgehead atoms. The number of halogens is 1.